The fourth-order valence-electron chi connectivity index (χ4n) is 4.60. The molecule has 2 aromatic rings. The molecular formula is C26H27ClN4O7S. The molecule has 3 fully saturated rings. The molecular weight excluding hydrogens is 548 g/mol. The lowest BCUT2D eigenvalue weighted by Crippen LogP contribution is -2.38. The third-order valence-corrected chi connectivity index (χ3v) is 7.74. The van der Waals surface area contributed by atoms with Crippen molar-refractivity contribution in [2.75, 3.05) is 75.6 Å². The fraction of sp³-hybridized carbons (Fsp3) is 0.385. The summed E-state index contributed by atoms with van der Waals surface area (Å²) in [5, 5.41) is 12.3. The molecule has 3 aliphatic rings. The lowest BCUT2D eigenvalue weighted by Gasteiger charge is -2.33. The maximum atomic E-state index is 13.2. The number of carbonyl (C=O) groups is 2. The fourth-order valence-corrected chi connectivity index (χ4v) is 5.58. The van der Waals surface area contributed by atoms with Crippen molar-refractivity contribution in [1.82, 2.24) is 4.90 Å². The minimum Gasteiger partial charge on any atom is -0.492 e. The third-order valence-electron chi connectivity index (χ3n) is 6.58. The molecule has 0 aliphatic carbocycles. The van der Waals surface area contributed by atoms with Gasteiger partial charge in [0.05, 0.1) is 42.8 Å². The van der Waals surface area contributed by atoms with Crippen LogP contribution in [0.5, 0.6) is 5.75 Å². The lowest BCUT2D eigenvalue weighted by molar-refractivity contribution is -0.384. The van der Waals surface area contributed by atoms with Gasteiger partial charge in [-0.15, -0.1) is 0 Å². The van der Waals surface area contributed by atoms with Crippen LogP contribution in [0.4, 0.5) is 21.9 Å². The number of carbonyl (C=O) groups excluding carboxylic acids is 2. The van der Waals surface area contributed by atoms with Gasteiger partial charge >= 0.3 is 0 Å². The van der Waals surface area contributed by atoms with Gasteiger partial charge in [-0.1, -0.05) is 11.6 Å². The van der Waals surface area contributed by atoms with E-state index in [4.69, 9.17) is 25.8 Å². The molecule has 2 aromatic carbocycles. The first-order chi connectivity index (χ1) is 18.9. The van der Waals surface area contributed by atoms with E-state index in [0.29, 0.717) is 74.6 Å². The highest BCUT2D eigenvalue weighted by atomic mass is 35.5. The zero-order valence-electron chi connectivity index (χ0n) is 21.0. The molecule has 0 radical (unpaired) electrons. The Hall–Kier alpha value is -3.32. The summed E-state index contributed by atoms with van der Waals surface area (Å²) in [5.74, 6) is 0.113. The summed E-state index contributed by atoms with van der Waals surface area (Å²) in [5.41, 5.74) is 1.71. The van der Waals surface area contributed by atoms with Gasteiger partial charge in [-0.2, -0.15) is 0 Å². The zero-order chi connectivity index (χ0) is 27.4. The molecule has 5 rings (SSSR count). The summed E-state index contributed by atoms with van der Waals surface area (Å²) in [7, 11) is 0. The molecule has 206 valence electrons. The molecule has 11 nitrogen and oxygen atoms in total. The molecule has 0 saturated carbocycles. The number of benzene rings is 2. The Morgan fingerprint density at radius 2 is 1.59 bits per heavy atom. The number of rotatable bonds is 8. The SMILES string of the molecule is O=C1S/C(=C\c2cc([N+](=O)[O-])c(N3CCOCC3)cc2N2CCOCC2)C(=O)N1CCOc1ccc(Cl)cc1. The molecule has 0 atom stereocenters. The van der Waals surface area contributed by atoms with Crippen molar-refractivity contribution in [3.8, 4) is 5.75 Å². The second-order valence-electron chi connectivity index (χ2n) is 8.99. The molecule has 3 aliphatic heterocycles. The Kier molecular flexibility index (Phi) is 8.56. The summed E-state index contributed by atoms with van der Waals surface area (Å²) in [6.45, 7) is 4.49. The van der Waals surface area contributed by atoms with Crippen molar-refractivity contribution in [3.05, 3.63) is 62.0 Å². The number of hydrogen-bond donors (Lipinski definition) is 0. The van der Waals surface area contributed by atoms with Gasteiger partial charge in [0, 0.05) is 48.5 Å². The van der Waals surface area contributed by atoms with Gasteiger partial charge in [0.15, 0.2) is 0 Å². The molecule has 3 saturated heterocycles. The minimum absolute atomic E-state index is 0.0595. The van der Waals surface area contributed by atoms with E-state index in [2.05, 4.69) is 4.90 Å². The van der Waals surface area contributed by atoms with Crippen LogP contribution >= 0.6 is 23.4 Å². The van der Waals surface area contributed by atoms with E-state index < -0.39 is 16.1 Å². The number of nitro groups is 1. The quantitative estimate of drug-likeness (QED) is 0.260. The summed E-state index contributed by atoms with van der Waals surface area (Å²) in [4.78, 5) is 42.9. The van der Waals surface area contributed by atoms with E-state index in [9.17, 15) is 19.7 Å². The average molecular weight is 575 g/mol. The molecule has 0 bridgehead atoms. The standard InChI is InChI=1S/C26H27ClN4O7S/c27-19-1-3-20(4-2-19)38-14-9-30-25(32)24(39-26(30)33)16-18-15-23(31(34)35)22(29-7-12-37-13-8-29)17-21(18)28-5-10-36-11-6-28/h1-4,15-17H,5-14H2/b24-16-. The summed E-state index contributed by atoms with van der Waals surface area (Å²) < 4.78 is 16.6. The van der Waals surface area contributed by atoms with Gasteiger partial charge in [-0.05, 0) is 48.2 Å². The first kappa shape index (κ1) is 27.3. The predicted molar refractivity (Wildman–Crippen MR) is 149 cm³/mol. The van der Waals surface area contributed by atoms with Crippen LogP contribution in [0.25, 0.3) is 6.08 Å². The minimum atomic E-state index is -0.461. The van der Waals surface area contributed by atoms with E-state index in [1.165, 1.54) is 6.07 Å². The monoisotopic (exact) mass is 574 g/mol. The van der Waals surface area contributed by atoms with Gasteiger partial charge in [-0.25, -0.2) is 0 Å². The highest BCUT2D eigenvalue weighted by Crippen LogP contribution is 2.40. The molecule has 0 aromatic heterocycles. The Morgan fingerprint density at radius 3 is 2.21 bits per heavy atom. The number of ether oxygens (including phenoxy) is 3. The van der Waals surface area contributed by atoms with E-state index in [-0.39, 0.29) is 23.7 Å². The smallest absolute Gasteiger partial charge is 0.293 e. The van der Waals surface area contributed by atoms with Crippen LogP contribution in [0.1, 0.15) is 5.56 Å². The number of imide groups is 1. The first-order valence-electron chi connectivity index (χ1n) is 12.5. The van der Waals surface area contributed by atoms with Crippen molar-refractivity contribution < 1.29 is 28.7 Å². The van der Waals surface area contributed by atoms with Gasteiger partial charge in [-0.3, -0.25) is 24.6 Å². The third kappa shape index (κ3) is 6.30. The first-order valence-corrected chi connectivity index (χ1v) is 13.7. The van der Waals surface area contributed by atoms with Gasteiger partial charge in [0.2, 0.25) is 0 Å². The van der Waals surface area contributed by atoms with Crippen LogP contribution in [-0.2, 0) is 14.3 Å². The predicted octanol–water partition coefficient (Wildman–Crippen LogP) is 4.04. The topological polar surface area (TPSA) is 115 Å². The van der Waals surface area contributed by atoms with Crippen LogP contribution in [0.2, 0.25) is 5.02 Å². The number of amides is 2. The van der Waals surface area contributed by atoms with E-state index >= 15 is 0 Å². The number of hydrogen-bond acceptors (Lipinski definition) is 10. The van der Waals surface area contributed by atoms with Crippen molar-refractivity contribution in [2.24, 2.45) is 0 Å². The van der Waals surface area contributed by atoms with Crippen molar-refractivity contribution >= 4 is 57.6 Å². The Balaban J connectivity index is 1.41. The molecule has 0 N–H and O–H groups in total. The van der Waals surface area contributed by atoms with Crippen molar-refractivity contribution in [2.45, 2.75) is 0 Å². The van der Waals surface area contributed by atoms with Crippen LogP contribution < -0.4 is 14.5 Å². The van der Waals surface area contributed by atoms with Gasteiger partial charge in [0.25, 0.3) is 16.8 Å². The maximum absolute atomic E-state index is 13.2. The summed E-state index contributed by atoms with van der Waals surface area (Å²) >= 11 is 6.70. The number of thioether (sulfide) groups is 1. The lowest BCUT2D eigenvalue weighted by atomic mass is 10.1. The molecule has 2 amide bonds. The van der Waals surface area contributed by atoms with E-state index in [0.717, 1.165) is 22.3 Å². The van der Waals surface area contributed by atoms with E-state index in [1.807, 2.05) is 11.0 Å². The van der Waals surface area contributed by atoms with Gasteiger partial charge in [0.1, 0.15) is 18.0 Å². The number of nitrogens with zero attached hydrogens (tertiary/aromatic N) is 4. The molecule has 13 heteroatoms. The molecule has 0 unspecified atom stereocenters. The Labute approximate surface area is 234 Å². The van der Waals surface area contributed by atoms with Gasteiger partial charge < -0.3 is 24.0 Å². The average Bonchev–Trinajstić information content (AvgIpc) is 3.22. The van der Waals surface area contributed by atoms with Crippen molar-refractivity contribution in [1.29, 1.82) is 0 Å². The Bertz CT molecular complexity index is 1280. The molecule has 39 heavy (non-hydrogen) atoms. The van der Waals surface area contributed by atoms with E-state index in [1.54, 1.807) is 30.3 Å². The highest BCUT2D eigenvalue weighted by molar-refractivity contribution is 8.18. The number of nitro benzene ring substituents is 1. The van der Waals surface area contributed by atoms with Crippen LogP contribution in [-0.4, -0.2) is 86.7 Å². The maximum Gasteiger partial charge on any atom is 0.293 e. The second-order valence-corrected chi connectivity index (χ2v) is 10.4. The number of halogens is 1. The number of anilines is 2. The molecule has 3 heterocycles. The summed E-state index contributed by atoms with van der Waals surface area (Å²) in [6.07, 6.45) is 1.58. The normalized spacial score (nSPS) is 19.2. The summed E-state index contributed by atoms with van der Waals surface area (Å²) in [6, 6.07) is 10.1. The zero-order valence-corrected chi connectivity index (χ0v) is 22.6. The van der Waals surface area contributed by atoms with Crippen molar-refractivity contribution in [3.63, 3.8) is 0 Å². The second kappa shape index (κ2) is 12.2. The largest absolute Gasteiger partial charge is 0.492 e. The van der Waals surface area contributed by atoms with Crippen LogP contribution in [0.15, 0.2) is 41.3 Å². The van der Waals surface area contributed by atoms with Crippen LogP contribution in [0, 0.1) is 10.1 Å². The van der Waals surface area contributed by atoms with Crippen LogP contribution in [0.3, 0.4) is 0 Å². The Morgan fingerprint density at radius 1 is 0.974 bits per heavy atom. The highest BCUT2D eigenvalue weighted by Gasteiger charge is 2.36. The number of morpholine rings is 2. The molecule has 0 spiro atoms.